The molecule has 1 aliphatic rings. The lowest BCUT2D eigenvalue weighted by atomic mass is 10.0. The third-order valence-corrected chi connectivity index (χ3v) is 4.35. The van der Waals surface area contributed by atoms with Crippen LogP contribution in [0.15, 0.2) is 36.7 Å². The Bertz CT molecular complexity index is 690. The lowest BCUT2D eigenvalue weighted by Crippen LogP contribution is -2.43. The van der Waals surface area contributed by atoms with Gasteiger partial charge in [-0.1, -0.05) is 6.07 Å². The van der Waals surface area contributed by atoms with Crippen LogP contribution in [0.3, 0.4) is 0 Å². The van der Waals surface area contributed by atoms with E-state index in [-0.39, 0.29) is 5.91 Å². The summed E-state index contributed by atoms with van der Waals surface area (Å²) in [6.07, 6.45) is 5.56. The van der Waals surface area contributed by atoms with Gasteiger partial charge in [-0.2, -0.15) is 5.10 Å². The molecule has 6 nitrogen and oxygen atoms in total. The molecule has 1 aromatic heterocycles. The van der Waals surface area contributed by atoms with E-state index in [0.717, 1.165) is 42.9 Å². The van der Waals surface area contributed by atoms with Gasteiger partial charge >= 0.3 is 0 Å². The molecule has 0 spiro atoms. The Morgan fingerprint density at radius 3 is 2.83 bits per heavy atom. The van der Waals surface area contributed by atoms with E-state index >= 15 is 0 Å². The lowest BCUT2D eigenvalue weighted by Gasteiger charge is -2.33. The van der Waals surface area contributed by atoms with Crippen molar-refractivity contribution in [2.45, 2.75) is 32.4 Å². The molecule has 1 amide bonds. The Kier molecular flexibility index (Phi) is 5.03. The molecule has 1 fully saturated rings. The van der Waals surface area contributed by atoms with Crippen LogP contribution in [0.4, 0.5) is 5.69 Å². The number of anilines is 1. The fraction of sp³-hybridized carbons (Fsp3) is 0.444. The number of methoxy groups -OCH3 is 1. The zero-order valence-electron chi connectivity index (χ0n) is 14.2. The van der Waals surface area contributed by atoms with Gasteiger partial charge < -0.3 is 15.0 Å². The molecular weight excluding hydrogens is 304 g/mol. The maximum atomic E-state index is 12.4. The SMILES string of the molecule is COc1cccc(NC2CCN(C(=O)Cn3cc(C)cn3)CC2)c1. The second-order valence-corrected chi connectivity index (χ2v) is 6.25. The quantitative estimate of drug-likeness (QED) is 0.915. The van der Waals surface area contributed by atoms with Gasteiger partial charge in [0.1, 0.15) is 12.3 Å². The third-order valence-electron chi connectivity index (χ3n) is 4.35. The highest BCUT2D eigenvalue weighted by molar-refractivity contribution is 5.76. The van der Waals surface area contributed by atoms with Crippen LogP contribution < -0.4 is 10.1 Å². The van der Waals surface area contributed by atoms with Gasteiger partial charge in [0.05, 0.1) is 13.3 Å². The Morgan fingerprint density at radius 1 is 1.38 bits per heavy atom. The summed E-state index contributed by atoms with van der Waals surface area (Å²) in [6.45, 7) is 3.85. The fourth-order valence-electron chi connectivity index (χ4n) is 3.01. The minimum atomic E-state index is 0.137. The first kappa shape index (κ1) is 16.4. The fourth-order valence-corrected chi connectivity index (χ4v) is 3.01. The standard InChI is InChI=1S/C18H24N4O2/c1-14-11-19-22(12-14)13-18(23)21-8-6-15(7-9-21)20-16-4-3-5-17(10-16)24-2/h3-5,10-12,15,20H,6-9,13H2,1-2H3. The number of nitrogens with zero attached hydrogens (tertiary/aromatic N) is 3. The number of hydrogen-bond acceptors (Lipinski definition) is 4. The minimum Gasteiger partial charge on any atom is -0.497 e. The number of benzene rings is 1. The second-order valence-electron chi connectivity index (χ2n) is 6.25. The summed E-state index contributed by atoms with van der Waals surface area (Å²) in [7, 11) is 1.67. The van der Waals surface area contributed by atoms with Gasteiger partial charge in [-0.05, 0) is 37.5 Å². The molecule has 3 rings (SSSR count). The van der Waals surface area contributed by atoms with Crippen LogP contribution in [-0.4, -0.2) is 46.8 Å². The van der Waals surface area contributed by atoms with Crippen LogP contribution in [-0.2, 0) is 11.3 Å². The number of aromatic nitrogens is 2. The van der Waals surface area contributed by atoms with Crippen LogP contribution >= 0.6 is 0 Å². The predicted octanol–water partition coefficient (Wildman–Crippen LogP) is 2.30. The molecule has 1 aromatic carbocycles. The Hall–Kier alpha value is -2.50. The molecule has 24 heavy (non-hydrogen) atoms. The highest BCUT2D eigenvalue weighted by atomic mass is 16.5. The first-order valence-electron chi connectivity index (χ1n) is 8.31. The van der Waals surface area contributed by atoms with E-state index in [1.165, 1.54) is 0 Å². The van der Waals surface area contributed by atoms with Gasteiger partial charge in [0, 0.05) is 37.1 Å². The van der Waals surface area contributed by atoms with E-state index in [1.807, 2.05) is 42.3 Å². The number of hydrogen-bond donors (Lipinski definition) is 1. The Labute approximate surface area is 142 Å². The number of aryl methyl sites for hydroxylation is 1. The van der Waals surface area contributed by atoms with Gasteiger partial charge in [-0.3, -0.25) is 9.48 Å². The van der Waals surface area contributed by atoms with E-state index in [4.69, 9.17) is 4.74 Å². The first-order valence-corrected chi connectivity index (χ1v) is 8.31. The largest absolute Gasteiger partial charge is 0.497 e. The summed E-state index contributed by atoms with van der Waals surface area (Å²) < 4.78 is 6.96. The molecule has 6 heteroatoms. The zero-order valence-corrected chi connectivity index (χ0v) is 14.2. The lowest BCUT2D eigenvalue weighted by molar-refractivity contribution is -0.133. The summed E-state index contributed by atoms with van der Waals surface area (Å²) in [5, 5.41) is 7.72. The van der Waals surface area contributed by atoms with E-state index in [9.17, 15) is 4.79 Å². The topological polar surface area (TPSA) is 59.4 Å². The van der Waals surface area contributed by atoms with Gasteiger partial charge in [-0.15, -0.1) is 0 Å². The number of piperidine rings is 1. The third kappa shape index (κ3) is 4.07. The normalized spacial score (nSPS) is 15.3. The summed E-state index contributed by atoms with van der Waals surface area (Å²) >= 11 is 0. The van der Waals surface area contributed by atoms with E-state index in [1.54, 1.807) is 18.0 Å². The monoisotopic (exact) mass is 328 g/mol. The zero-order chi connectivity index (χ0) is 16.9. The molecular formula is C18H24N4O2. The number of ether oxygens (including phenoxy) is 1. The molecule has 0 radical (unpaired) electrons. The van der Waals surface area contributed by atoms with E-state index < -0.39 is 0 Å². The van der Waals surface area contributed by atoms with Crippen molar-refractivity contribution in [3.8, 4) is 5.75 Å². The maximum Gasteiger partial charge on any atom is 0.244 e. The van der Waals surface area contributed by atoms with Crippen LogP contribution in [0.5, 0.6) is 5.75 Å². The van der Waals surface area contributed by atoms with Crippen LogP contribution in [0, 0.1) is 6.92 Å². The highest BCUT2D eigenvalue weighted by Crippen LogP contribution is 2.21. The number of carbonyl (C=O) groups is 1. The Balaban J connectivity index is 1.49. The summed E-state index contributed by atoms with van der Waals surface area (Å²) in [5.74, 6) is 0.986. The Morgan fingerprint density at radius 2 is 2.17 bits per heavy atom. The van der Waals surface area contributed by atoms with Crippen molar-refractivity contribution in [3.63, 3.8) is 0 Å². The molecule has 0 atom stereocenters. The van der Waals surface area contributed by atoms with Crippen LogP contribution in [0.2, 0.25) is 0 Å². The van der Waals surface area contributed by atoms with Crippen molar-refractivity contribution in [1.82, 2.24) is 14.7 Å². The highest BCUT2D eigenvalue weighted by Gasteiger charge is 2.23. The maximum absolute atomic E-state index is 12.4. The molecule has 0 unspecified atom stereocenters. The van der Waals surface area contributed by atoms with Crippen molar-refractivity contribution >= 4 is 11.6 Å². The second kappa shape index (κ2) is 7.38. The molecule has 128 valence electrons. The van der Waals surface area contributed by atoms with Crippen molar-refractivity contribution in [2.24, 2.45) is 0 Å². The number of rotatable bonds is 5. The summed E-state index contributed by atoms with van der Waals surface area (Å²) in [5.41, 5.74) is 2.13. The van der Waals surface area contributed by atoms with Crippen molar-refractivity contribution < 1.29 is 9.53 Å². The summed E-state index contributed by atoms with van der Waals surface area (Å²) in [6, 6.07) is 8.33. The predicted molar refractivity (Wildman–Crippen MR) is 93.2 cm³/mol. The molecule has 0 aliphatic carbocycles. The number of nitrogens with one attached hydrogen (secondary N) is 1. The molecule has 1 saturated heterocycles. The van der Waals surface area contributed by atoms with Crippen LogP contribution in [0.1, 0.15) is 18.4 Å². The molecule has 0 bridgehead atoms. The van der Waals surface area contributed by atoms with E-state index in [2.05, 4.69) is 10.4 Å². The number of amides is 1. The molecule has 1 N–H and O–H groups in total. The van der Waals surface area contributed by atoms with E-state index in [0.29, 0.717) is 12.6 Å². The van der Waals surface area contributed by atoms with Gasteiger partial charge in [0.2, 0.25) is 5.91 Å². The van der Waals surface area contributed by atoms with Crippen molar-refractivity contribution in [2.75, 3.05) is 25.5 Å². The smallest absolute Gasteiger partial charge is 0.244 e. The number of carbonyl (C=O) groups excluding carboxylic acids is 1. The molecule has 2 aromatic rings. The van der Waals surface area contributed by atoms with Gasteiger partial charge in [0.25, 0.3) is 0 Å². The minimum absolute atomic E-state index is 0.137. The van der Waals surface area contributed by atoms with Gasteiger partial charge in [0.15, 0.2) is 0 Å². The molecule has 2 heterocycles. The van der Waals surface area contributed by atoms with Crippen LogP contribution in [0.25, 0.3) is 0 Å². The number of likely N-dealkylation sites (tertiary alicyclic amines) is 1. The average molecular weight is 328 g/mol. The van der Waals surface area contributed by atoms with Gasteiger partial charge in [-0.25, -0.2) is 0 Å². The molecule has 1 aliphatic heterocycles. The molecule has 0 saturated carbocycles. The van der Waals surface area contributed by atoms with Crippen molar-refractivity contribution in [1.29, 1.82) is 0 Å². The van der Waals surface area contributed by atoms with Crippen molar-refractivity contribution in [3.05, 3.63) is 42.2 Å². The first-order chi connectivity index (χ1) is 11.6. The average Bonchev–Trinajstić information content (AvgIpc) is 3.00. The summed E-state index contributed by atoms with van der Waals surface area (Å²) in [4.78, 5) is 14.3.